The van der Waals surface area contributed by atoms with Gasteiger partial charge >= 0.3 is 0 Å². The van der Waals surface area contributed by atoms with Crippen LogP contribution in [0.3, 0.4) is 0 Å². The summed E-state index contributed by atoms with van der Waals surface area (Å²) in [5, 5.41) is 0. The predicted molar refractivity (Wildman–Crippen MR) is 94.8 cm³/mol. The Hall–Kier alpha value is -1.98. The molecule has 0 saturated carbocycles. The Morgan fingerprint density at radius 2 is 2.04 bits per heavy atom. The van der Waals surface area contributed by atoms with E-state index in [0.717, 1.165) is 42.2 Å². The highest BCUT2D eigenvalue weighted by Gasteiger charge is 2.12. The Labute approximate surface area is 143 Å². The van der Waals surface area contributed by atoms with Gasteiger partial charge in [0.2, 0.25) is 0 Å². The second-order valence-corrected chi connectivity index (χ2v) is 6.17. The first-order valence-electron chi connectivity index (χ1n) is 7.49. The number of carbonyl (C=O) groups is 1. The second-order valence-electron chi connectivity index (χ2n) is 5.26. The van der Waals surface area contributed by atoms with E-state index < -0.39 is 0 Å². The summed E-state index contributed by atoms with van der Waals surface area (Å²) in [7, 11) is 0. The standard InChI is InChI=1S/C18H17BrN2O2/c19-16-3-1-2-14(12-16)4-6-17(22)15-5-7-18(20-13-15)21-8-10-23-11-9-21/h1-7,12-13H,8-11H2/b6-4+. The highest BCUT2D eigenvalue weighted by Crippen LogP contribution is 2.15. The number of morpholine rings is 1. The van der Waals surface area contributed by atoms with Crippen LogP contribution in [0.25, 0.3) is 6.08 Å². The molecule has 23 heavy (non-hydrogen) atoms. The minimum absolute atomic E-state index is 0.0500. The van der Waals surface area contributed by atoms with Gasteiger partial charge in [0, 0.05) is 29.3 Å². The number of allylic oxidation sites excluding steroid dienone is 1. The van der Waals surface area contributed by atoms with Crippen LogP contribution in [0.2, 0.25) is 0 Å². The summed E-state index contributed by atoms with van der Waals surface area (Å²) in [5.74, 6) is 0.840. The van der Waals surface area contributed by atoms with Crippen molar-refractivity contribution in [2.45, 2.75) is 0 Å². The minimum Gasteiger partial charge on any atom is -0.378 e. The molecule has 1 aliphatic heterocycles. The zero-order valence-electron chi connectivity index (χ0n) is 12.6. The minimum atomic E-state index is -0.0500. The first-order chi connectivity index (χ1) is 11.2. The number of pyridine rings is 1. The number of hydrogen-bond acceptors (Lipinski definition) is 4. The van der Waals surface area contributed by atoms with Crippen LogP contribution < -0.4 is 4.90 Å². The van der Waals surface area contributed by atoms with Crippen LogP contribution in [0.4, 0.5) is 5.82 Å². The molecule has 0 spiro atoms. The van der Waals surface area contributed by atoms with Crippen molar-refractivity contribution in [3.63, 3.8) is 0 Å². The summed E-state index contributed by atoms with van der Waals surface area (Å²) < 4.78 is 6.32. The third-order valence-corrected chi connectivity index (χ3v) is 4.14. The zero-order valence-corrected chi connectivity index (χ0v) is 14.2. The monoisotopic (exact) mass is 372 g/mol. The highest BCUT2D eigenvalue weighted by atomic mass is 79.9. The second kappa shape index (κ2) is 7.53. The van der Waals surface area contributed by atoms with E-state index in [0.29, 0.717) is 5.56 Å². The fraction of sp³-hybridized carbons (Fsp3) is 0.222. The van der Waals surface area contributed by atoms with E-state index >= 15 is 0 Å². The number of hydrogen-bond donors (Lipinski definition) is 0. The van der Waals surface area contributed by atoms with Crippen LogP contribution in [-0.2, 0) is 4.74 Å². The maximum atomic E-state index is 12.2. The van der Waals surface area contributed by atoms with Gasteiger partial charge in [0.15, 0.2) is 5.78 Å². The molecule has 1 aromatic carbocycles. The van der Waals surface area contributed by atoms with Crippen molar-refractivity contribution in [2.75, 3.05) is 31.2 Å². The lowest BCUT2D eigenvalue weighted by Gasteiger charge is -2.27. The highest BCUT2D eigenvalue weighted by molar-refractivity contribution is 9.10. The molecular formula is C18H17BrN2O2. The molecule has 5 heteroatoms. The molecule has 0 bridgehead atoms. The average Bonchev–Trinajstić information content (AvgIpc) is 2.61. The van der Waals surface area contributed by atoms with Gasteiger partial charge in [0.05, 0.1) is 13.2 Å². The van der Waals surface area contributed by atoms with Crippen molar-refractivity contribution in [3.8, 4) is 0 Å². The topological polar surface area (TPSA) is 42.4 Å². The molecule has 2 aromatic rings. The van der Waals surface area contributed by atoms with Crippen LogP contribution in [0.1, 0.15) is 15.9 Å². The lowest BCUT2D eigenvalue weighted by Crippen LogP contribution is -2.36. The number of rotatable bonds is 4. The fourth-order valence-corrected chi connectivity index (χ4v) is 2.81. The molecule has 2 heterocycles. The maximum Gasteiger partial charge on any atom is 0.187 e. The van der Waals surface area contributed by atoms with E-state index in [9.17, 15) is 4.79 Å². The molecule has 3 rings (SSSR count). The van der Waals surface area contributed by atoms with E-state index in [-0.39, 0.29) is 5.78 Å². The SMILES string of the molecule is O=C(/C=C/c1cccc(Br)c1)c1ccc(N2CCOCC2)nc1. The van der Waals surface area contributed by atoms with Gasteiger partial charge in [-0.2, -0.15) is 0 Å². The van der Waals surface area contributed by atoms with Gasteiger partial charge in [0.1, 0.15) is 5.82 Å². The molecule has 1 saturated heterocycles. The van der Waals surface area contributed by atoms with Crippen LogP contribution in [-0.4, -0.2) is 37.1 Å². The Morgan fingerprint density at radius 3 is 2.74 bits per heavy atom. The fourth-order valence-electron chi connectivity index (χ4n) is 2.39. The average molecular weight is 373 g/mol. The first-order valence-corrected chi connectivity index (χ1v) is 8.28. The van der Waals surface area contributed by atoms with Gasteiger partial charge in [-0.05, 0) is 35.9 Å². The number of anilines is 1. The normalized spacial score (nSPS) is 15.1. The Balaban J connectivity index is 1.67. The first kappa shape index (κ1) is 15.9. The third kappa shape index (κ3) is 4.27. The van der Waals surface area contributed by atoms with E-state index in [1.54, 1.807) is 12.3 Å². The van der Waals surface area contributed by atoms with Crippen molar-refractivity contribution in [2.24, 2.45) is 0 Å². The van der Waals surface area contributed by atoms with E-state index in [1.807, 2.05) is 42.5 Å². The Kier molecular flexibility index (Phi) is 5.20. The summed E-state index contributed by atoms with van der Waals surface area (Å²) in [6, 6.07) is 11.5. The molecule has 118 valence electrons. The zero-order chi connectivity index (χ0) is 16.1. The molecular weight excluding hydrogens is 356 g/mol. The number of carbonyl (C=O) groups excluding carboxylic acids is 1. The van der Waals surface area contributed by atoms with Crippen LogP contribution >= 0.6 is 15.9 Å². The van der Waals surface area contributed by atoms with Crippen molar-refractivity contribution in [3.05, 3.63) is 64.3 Å². The van der Waals surface area contributed by atoms with Crippen molar-refractivity contribution < 1.29 is 9.53 Å². The molecule has 1 aliphatic rings. The summed E-state index contributed by atoms with van der Waals surface area (Å²) in [4.78, 5) is 18.8. The number of ether oxygens (including phenoxy) is 1. The number of benzene rings is 1. The van der Waals surface area contributed by atoms with Crippen molar-refractivity contribution in [1.29, 1.82) is 0 Å². The van der Waals surface area contributed by atoms with Crippen molar-refractivity contribution in [1.82, 2.24) is 4.98 Å². The van der Waals surface area contributed by atoms with Gasteiger partial charge in [-0.3, -0.25) is 4.79 Å². The molecule has 0 atom stereocenters. The van der Waals surface area contributed by atoms with E-state index in [4.69, 9.17) is 4.74 Å². The summed E-state index contributed by atoms with van der Waals surface area (Å²) in [6.07, 6.45) is 5.02. The van der Waals surface area contributed by atoms with Crippen LogP contribution in [0, 0.1) is 0 Å². The Bertz CT molecular complexity index is 707. The smallest absolute Gasteiger partial charge is 0.187 e. The van der Waals surface area contributed by atoms with Gasteiger partial charge in [-0.15, -0.1) is 0 Å². The Morgan fingerprint density at radius 1 is 1.22 bits per heavy atom. The molecule has 1 fully saturated rings. The largest absolute Gasteiger partial charge is 0.378 e. The molecule has 0 amide bonds. The molecule has 4 nitrogen and oxygen atoms in total. The summed E-state index contributed by atoms with van der Waals surface area (Å²) in [5.41, 5.74) is 1.57. The molecule has 0 radical (unpaired) electrons. The van der Waals surface area contributed by atoms with Gasteiger partial charge in [-0.25, -0.2) is 4.98 Å². The number of ketones is 1. The summed E-state index contributed by atoms with van der Waals surface area (Å²) in [6.45, 7) is 3.11. The number of nitrogens with zero attached hydrogens (tertiary/aromatic N) is 2. The molecule has 0 unspecified atom stereocenters. The van der Waals surface area contributed by atoms with Crippen LogP contribution in [0.15, 0.2) is 53.1 Å². The van der Waals surface area contributed by atoms with Crippen molar-refractivity contribution >= 4 is 33.6 Å². The lowest BCUT2D eigenvalue weighted by molar-refractivity contribution is 0.104. The van der Waals surface area contributed by atoms with E-state index in [2.05, 4.69) is 25.8 Å². The van der Waals surface area contributed by atoms with E-state index in [1.165, 1.54) is 0 Å². The molecule has 0 N–H and O–H groups in total. The quantitative estimate of drug-likeness (QED) is 0.607. The number of aromatic nitrogens is 1. The molecule has 1 aromatic heterocycles. The van der Waals surface area contributed by atoms with Gasteiger partial charge in [-0.1, -0.05) is 34.1 Å². The van der Waals surface area contributed by atoms with Gasteiger partial charge < -0.3 is 9.64 Å². The summed E-state index contributed by atoms with van der Waals surface area (Å²) >= 11 is 3.42. The lowest BCUT2D eigenvalue weighted by atomic mass is 10.1. The number of halogens is 1. The third-order valence-electron chi connectivity index (χ3n) is 3.64. The predicted octanol–water partition coefficient (Wildman–Crippen LogP) is 3.58. The molecule has 0 aliphatic carbocycles. The van der Waals surface area contributed by atoms with Gasteiger partial charge in [0.25, 0.3) is 0 Å². The van der Waals surface area contributed by atoms with Crippen LogP contribution in [0.5, 0.6) is 0 Å². The maximum absolute atomic E-state index is 12.2.